The Hall–Kier alpha value is -2.66. The van der Waals surface area contributed by atoms with Crippen LogP contribution in [0.1, 0.15) is 23.6 Å². The third kappa shape index (κ3) is 6.99. The van der Waals surface area contributed by atoms with E-state index in [0.717, 1.165) is 16.9 Å². The van der Waals surface area contributed by atoms with E-state index in [0.29, 0.717) is 26.1 Å². The van der Waals surface area contributed by atoms with Crippen LogP contribution in [0.3, 0.4) is 0 Å². The molecule has 0 aliphatic carbocycles. The Kier molecular flexibility index (Phi) is 8.45. The van der Waals surface area contributed by atoms with Crippen molar-refractivity contribution in [1.82, 2.24) is 4.90 Å². The molecule has 4 nitrogen and oxygen atoms in total. The van der Waals surface area contributed by atoms with Gasteiger partial charge in [-0.05, 0) is 42.2 Å². The van der Waals surface area contributed by atoms with Gasteiger partial charge in [0.25, 0.3) is 0 Å². The van der Waals surface area contributed by atoms with E-state index in [-0.39, 0.29) is 12.6 Å². The SMILES string of the molecule is CC(O)CN(Cc1ccccc1)C(CO)Cc1ccc(OCc2ccccc2)cc1. The summed E-state index contributed by atoms with van der Waals surface area (Å²) in [5, 5.41) is 20.0. The lowest BCUT2D eigenvalue weighted by atomic mass is 10.0. The first-order chi connectivity index (χ1) is 14.6. The summed E-state index contributed by atoms with van der Waals surface area (Å²) in [6, 6.07) is 28.2. The van der Waals surface area contributed by atoms with Crippen LogP contribution in [0.15, 0.2) is 84.9 Å². The van der Waals surface area contributed by atoms with Crippen molar-refractivity contribution in [3.8, 4) is 5.75 Å². The van der Waals surface area contributed by atoms with E-state index < -0.39 is 6.10 Å². The Morgan fingerprint density at radius 3 is 1.97 bits per heavy atom. The Labute approximate surface area is 179 Å². The molecule has 158 valence electrons. The molecule has 3 rings (SSSR count). The van der Waals surface area contributed by atoms with Crippen molar-refractivity contribution in [3.05, 3.63) is 102 Å². The zero-order valence-electron chi connectivity index (χ0n) is 17.5. The number of aliphatic hydroxyl groups is 2. The highest BCUT2D eigenvalue weighted by molar-refractivity contribution is 5.28. The summed E-state index contributed by atoms with van der Waals surface area (Å²) >= 11 is 0. The average Bonchev–Trinajstić information content (AvgIpc) is 2.77. The predicted molar refractivity (Wildman–Crippen MR) is 120 cm³/mol. The molecule has 2 unspecified atom stereocenters. The molecule has 0 aliphatic rings. The maximum Gasteiger partial charge on any atom is 0.119 e. The van der Waals surface area contributed by atoms with Gasteiger partial charge >= 0.3 is 0 Å². The quantitative estimate of drug-likeness (QED) is 0.505. The van der Waals surface area contributed by atoms with Gasteiger partial charge in [0.05, 0.1) is 12.7 Å². The number of hydrogen-bond acceptors (Lipinski definition) is 4. The van der Waals surface area contributed by atoms with Gasteiger partial charge < -0.3 is 14.9 Å². The summed E-state index contributed by atoms with van der Waals surface area (Å²) in [7, 11) is 0. The van der Waals surface area contributed by atoms with Gasteiger partial charge in [0, 0.05) is 19.1 Å². The van der Waals surface area contributed by atoms with Crippen LogP contribution in [0.5, 0.6) is 5.75 Å². The van der Waals surface area contributed by atoms with E-state index in [9.17, 15) is 10.2 Å². The van der Waals surface area contributed by atoms with Crippen LogP contribution in [-0.4, -0.2) is 40.4 Å². The first-order valence-corrected chi connectivity index (χ1v) is 10.5. The molecule has 3 aromatic carbocycles. The van der Waals surface area contributed by atoms with Crippen molar-refractivity contribution in [2.75, 3.05) is 13.2 Å². The molecule has 0 radical (unpaired) electrons. The topological polar surface area (TPSA) is 52.9 Å². The summed E-state index contributed by atoms with van der Waals surface area (Å²) in [6.07, 6.45) is 0.242. The van der Waals surface area contributed by atoms with Crippen LogP contribution in [0.2, 0.25) is 0 Å². The summed E-state index contributed by atoms with van der Waals surface area (Å²) in [4.78, 5) is 2.15. The Morgan fingerprint density at radius 2 is 1.40 bits per heavy atom. The minimum absolute atomic E-state index is 0.0335. The first kappa shape index (κ1) is 22.0. The maximum absolute atomic E-state index is 10.1. The van der Waals surface area contributed by atoms with Crippen molar-refractivity contribution in [3.63, 3.8) is 0 Å². The number of ether oxygens (including phenoxy) is 1. The second kappa shape index (κ2) is 11.5. The summed E-state index contributed by atoms with van der Waals surface area (Å²) in [6.45, 7) is 3.56. The molecule has 2 N–H and O–H groups in total. The fourth-order valence-electron chi connectivity index (χ4n) is 3.54. The minimum atomic E-state index is -0.462. The lowest BCUT2D eigenvalue weighted by molar-refractivity contribution is 0.0645. The summed E-state index contributed by atoms with van der Waals surface area (Å²) in [5.74, 6) is 0.827. The molecule has 0 spiro atoms. The van der Waals surface area contributed by atoms with Crippen LogP contribution < -0.4 is 4.74 Å². The molecule has 0 fully saturated rings. The molecule has 0 amide bonds. The van der Waals surface area contributed by atoms with Crippen molar-refractivity contribution in [2.24, 2.45) is 0 Å². The van der Waals surface area contributed by atoms with Gasteiger partial charge in [-0.25, -0.2) is 0 Å². The number of nitrogens with zero attached hydrogens (tertiary/aromatic N) is 1. The van der Waals surface area contributed by atoms with E-state index in [4.69, 9.17) is 4.74 Å². The highest BCUT2D eigenvalue weighted by Crippen LogP contribution is 2.18. The third-order valence-corrected chi connectivity index (χ3v) is 5.10. The predicted octanol–water partition coefficient (Wildman–Crippen LogP) is 4.05. The lowest BCUT2D eigenvalue weighted by Crippen LogP contribution is -2.42. The fraction of sp³-hybridized carbons (Fsp3) is 0.308. The van der Waals surface area contributed by atoms with Crippen molar-refractivity contribution in [2.45, 2.75) is 38.6 Å². The van der Waals surface area contributed by atoms with Gasteiger partial charge in [0.15, 0.2) is 0 Å². The molecule has 0 aromatic heterocycles. The van der Waals surface area contributed by atoms with Gasteiger partial charge in [-0.1, -0.05) is 72.8 Å². The van der Waals surface area contributed by atoms with E-state index in [1.807, 2.05) is 72.8 Å². The molecule has 0 heterocycles. The third-order valence-electron chi connectivity index (χ3n) is 5.10. The van der Waals surface area contributed by atoms with Crippen molar-refractivity contribution >= 4 is 0 Å². The smallest absolute Gasteiger partial charge is 0.119 e. The Bertz CT molecular complexity index is 850. The van der Waals surface area contributed by atoms with Gasteiger partial charge in [0.1, 0.15) is 12.4 Å². The van der Waals surface area contributed by atoms with E-state index in [1.54, 1.807) is 6.92 Å². The van der Waals surface area contributed by atoms with Crippen LogP contribution in [0.25, 0.3) is 0 Å². The Balaban J connectivity index is 1.62. The molecule has 0 saturated carbocycles. The molecule has 0 bridgehead atoms. The summed E-state index contributed by atoms with van der Waals surface area (Å²) in [5.41, 5.74) is 3.43. The number of rotatable bonds is 11. The second-order valence-corrected chi connectivity index (χ2v) is 7.72. The minimum Gasteiger partial charge on any atom is -0.489 e. The highest BCUT2D eigenvalue weighted by atomic mass is 16.5. The van der Waals surface area contributed by atoms with Gasteiger partial charge in [0.2, 0.25) is 0 Å². The molecule has 30 heavy (non-hydrogen) atoms. The van der Waals surface area contributed by atoms with Crippen LogP contribution >= 0.6 is 0 Å². The van der Waals surface area contributed by atoms with Gasteiger partial charge in [-0.15, -0.1) is 0 Å². The molecular weight excluding hydrogens is 374 g/mol. The van der Waals surface area contributed by atoms with E-state index in [2.05, 4.69) is 17.0 Å². The standard InChI is InChI=1S/C26H31NO3/c1-21(29)17-27(18-23-8-4-2-5-9-23)25(19-28)16-22-12-14-26(15-13-22)30-20-24-10-6-3-7-11-24/h2-15,21,25,28-29H,16-20H2,1H3. The number of aliphatic hydroxyl groups excluding tert-OH is 2. The van der Waals surface area contributed by atoms with Gasteiger partial charge in [-0.3, -0.25) is 4.90 Å². The highest BCUT2D eigenvalue weighted by Gasteiger charge is 2.20. The van der Waals surface area contributed by atoms with Crippen molar-refractivity contribution < 1.29 is 14.9 Å². The van der Waals surface area contributed by atoms with Crippen LogP contribution in [-0.2, 0) is 19.6 Å². The van der Waals surface area contributed by atoms with Crippen molar-refractivity contribution in [1.29, 1.82) is 0 Å². The zero-order valence-corrected chi connectivity index (χ0v) is 17.5. The van der Waals surface area contributed by atoms with Gasteiger partial charge in [-0.2, -0.15) is 0 Å². The monoisotopic (exact) mass is 405 g/mol. The largest absolute Gasteiger partial charge is 0.489 e. The molecule has 2 atom stereocenters. The zero-order chi connectivity index (χ0) is 21.2. The summed E-state index contributed by atoms with van der Waals surface area (Å²) < 4.78 is 5.86. The van der Waals surface area contributed by atoms with Crippen LogP contribution in [0.4, 0.5) is 0 Å². The lowest BCUT2D eigenvalue weighted by Gasteiger charge is -2.31. The molecule has 3 aromatic rings. The number of benzene rings is 3. The van der Waals surface area contributed by atoms with E-state index in [1.165, 1.54) is 5.56 Å². The maximum atomic E-state index is 10.1. The average molecular weight is 406 g/mol. The number of hydrogen-bond donors (Lipinski definition) is 2. The Morgan fingerprint density at radius 1 is 0.800 bits per heavy atom. The molecular formula is C26H31NO3. The fourth-order valence-corrected chi connectivity index (χ4v) is 3.54. The normalized spacial score (nSPS) is 13.2. The molecule has 4 heteroatoms. The van der Waals surface area contributed by atoms with Crippen LogP contribution in [0, 0.1) is 0 Å². The van der Waals surface area contributed by atoms with E-state index >= 15 is 0 Å². The molecule has 0 aliphatic heterocycles. The molecule has 0 saturated heterocycles. The first-order valence-electron chi connectivity index (χ1n) is 10.5. The second-order valence-electron chi connectivity index (χ2n) is 7.72.